The summed E-state index contributed by atoms with van der Waals surface area (Å²) in [6, 6.07) is 9.87. The van der Waals surface area contributed by atoms with Gasteiger partial charge >= 0.3 is 0 Å². The van der Waals surface area contributed by atoms with Crippen LogP contribution < -0.4 is 14.4 Å². The lowest BCUT2D eigenvalue weighted by Crippen LogP contribution is -2.32. The number of benzene rings is 1. The van der Waals surface area contributed by atoms with Gasteiger partial charge in [0.1, 0.15) is 24.5 Å². The first-order valence-corrected chi connectivity index (χ1v) is 12.6. The van der Waals surface area contributed by atoms with E-state index in [1.807, 2.05) is 30.3 Å². The smallest absolute Gasteiger partial charge is 0.288 e. The predicted octanol–water partition coefficient (Wildman–Crippen LogP) is 5.34. The van der Waals surface area contributed by atoms with Crippen LogP contribution in [-0.4, -0.2) is 44.8 Å². The van der Waals surface area contributed by atoms with Gasteiger partial charge in [0.05, 0.1) is 42.5 Å². The Morgan fingerprint density at radius 3 is 2.61 bits per heavy atom. The molecule has 6 rings (SSSR count). The largest absolute Gasteiger partial charge is 0.488 e. The van der Waals surface area contributed by atoms with Gasteiger partial charge in [-0.15, -0.1) is 0 Å². The molecule has 10 heteroatoms. The molecule has 1 aliphatic heterocycles. The van der Waals surface area contributed by atoms with E-state index >= 15 is 0 Å². The van der Waals surface area contributed by atoms with Crippen molar-refractivity contribution in [1.29, 1.82) is 0 Å². The fraction of sp³-hybridized carbons (Fsp3) is 0.357. The molecule has 0 radical (unpaired) electrons. The number of aryl methyl sites for hydroxylation is 1. The molecule has 4 aromatic rings. The van der Waals surface area contributed by atoms with Crippen LogP contribution in [0.4, 0.5) is 14.5 Å². The van der Waals surface area contributed by atoms with Crippen molar-refractivity contribution < 1.29 is 18.3 Å². The van der Waals surface area contributed by atoms with Crippen molar-refractivity contribution in [3.63, 3.8) is 0 Å². The first-order chi connectivity index (χ1) is 18.3. The molecular formula is C28H28F2N6O2. The number of methoxy groups -OCH3 is 1. The SMILES string of the molecule is COc1ncnc(C2CC2)c1-c1cc2c(cn1)OCCN2Cc1ccc(-c2nc(C(C)(F)F)cn2C)cc1. The van der Waals surface area contributed by atoms with E-state index in [9.17, 15) is 8.78 Å². The normalized spacial score (nSPS) is 15.2. The maximum Gasteiger partial charge on any atom is 0.288 e. The molecule has 1 aromatic carbocycles. The molecule has 4 heterocycles. The zero-order valence-electron chi connectivity index (χ0n) is 21.5. The number of imidazole rings is 1. The number of pyridine rings is 1. The summed E-state index contributed by atoms with van der Waals surface area (Å²) in [5.41, 5.74) is 5.13. The Morgan fingerprint density at radius 1 is 1.13 bits per heavy atom. The highest BCUT2D eigenvalue weighted by Crippen LogP contribution is 2.46. The summed E-state index contributed by atoms with van der Waals surface area (Å²) < 4.78 is 40.6. The van der Waals surface area contributed by atoms with Crippen LogP contribution in [0.2, 0.25) is 0 Å². The predicted molar refractivity (Wildman–Crippen MR) is 139 cm³/mol. The average Bonchev–Trinajstić information content (AvgIpc) is 3.69. The van der Waals surface area contributed by atoms with Gasteiger partial charge in [-0.25, -0.2) is 15.0 Å². The van der Waals surface area contributed by atoms with Gasteiger partial charge < -0.3 is 18.9 Å². The summed E-state index contributed by atoms with van der Waals surface area (Å²) >= 11 is 0. The molecule has 0 amide bonds. The van der Waals surface area contributed by atoms with E-state index in [2.05, 4.69) is 24.8 Å². The number of anilines is 1. The lowest BCUT2D eigenvalue weighted by Gasteiger charge is -2.31. The van der Waals surface area contributed by atoms with Crippen molar-refractivity contribution in [2.45, 2.75) is 38.2 Å². The number of hydrogen-bond acceptors (Lipinski definition) is 7. The van der Waals surface area contributed by atoms with E-state index in [4.69, 9.17) is 9.47 Å². The molecule has 0 N–H and O–H groups in total. The Labute approximate surface area is 219 Å². The van der Waals surface area contributed by atoms with Gasteiger partial charge in [0.15, 0.2) is 5.75 Å². The monoisotopic (exact) mass is 518 g/mol. The first-order valence-electron chi connectivity index (χ1n) is 12.6. The summed E-state index contributed by atoms with van der Waals surface area (Å²) in [4.78, 5) is 20.0. The molecular weight excluding hydrogens is 490 g/mol. The first kappa shape index (κ1) is 24.3. The quantitative estimate of drug-likeness (QED) is 0.327. The van der Waals surface area contributed by atoms with E-state index in [1.54, 1.807) is 31.2 Å². The summed E-state index contributed by atoms with van der Waals surface area (Å²) in [5.74, 6) is -0.828. The van der Waals surface area contributed by atoms with Gasteiger partial charge in [0, 0.05) is 38.2 Å². The number of hydrogen-bond donors (Lipinski definition) is 0. The molecule has 0 unspecified atom stereocenters. The van der Waals surface area contributed by atoms with Gasteiger partial charge in [-0.2, -0.15) is 8.78 Å². The highest BCUT2D eigenvalue weighted by Gasteiger charge is 2.32. The van der Waals surface area contributed by atoms with E-state index in [-0.39, 0.29) is 5.69 Å². The van der Waals surface area contributed by atoms with E-state index < -0.39 is 5.92 Å². The van der Waals surface area contributed by atoms with Gasteiger partial charge in [-0.05, 0) is 24.5 Å². The van der Waals surface area contributed by atoms with Crippen LogP contribution in [0.3, 0.4) is 0 Å². The van der Waals surface area contributed by atoms with Crippen LogP contribution in [-0.2, 0) is 19.5 Å². The number of rotatable bonds is 7. The minimum absolute atomic E-state index is 0.237. The van der Waals surface area contributed by atoms with E-state index in [1.165, 1.54) is 6.20 Å². The van der Waals surface area contributed by atoms with Crippen molar-refractivity contribution >= 4 is 5.69 Å². The molecule has 0 atom stereocenters. The average molecular weight is 519 g/mol. The summed E-state index contributed by atoms with van der Waals surface area (Å²) in [6.45, 7) is 2.77. The number of nitrogens with zero attached hydrogens (tertiary/aromatic N) is 6. The van der Waals surface area contributed by atoms with Gasteiger partial charge in [0.2, 0.25) is 5.88 Å². The van der Waals surface area contributed by atoms with E-state index in [0.717, 1.165) is 59.3 Å². The maximum absolute atomic E-state index is 13.7. The zero-order chi connectivity index (χ0) is 26.4. The molecule has 1 aliphatic carbocycles. The van der Waals surface area contributed by atoms with Crippen molar-refractivity contribution in [1.82, 2.24) is 24.5 Å². The van der Waals surface area contributed by atoms with Crippen LogP contribution >= 0.6 is 0 Å². The van der Waals surface area contributed by atoms with Gasteiger partial charge in [-0.1, -0.05) is 24.3 Å². The molecule has 8 nitrogen and oxygen atoms in total. The summed E-state index contributed by atoms with van der Waals surface area (Å²) in [7, 11) is 3.34. The van der Waals surface area contributed by atoms with E-state index in [0.29, 0.717) is 37.3 Å². The second-order valence-electron chi connectivity index (χ2n) is 9.87. The highest BCUT2D eigenvalue weighted by atomic mass is 19.3. The maximum atomic E-state index is 13.7. The Bertz CT molecular complexity index is 1480. The fourth-order valence-electron chi connectivity index (χ4n) is 4.85. The number of ether oxygens (including phenoxy) is 2. The van der Waals surface area contributed by atoms with Crippen molar-refractivity contribution in [3.8, 4) is 34.3 Å². The Kier molecular flexibility index (Phi) is 5.97. The minimum atomic E-state index is -2.98. The second-order valence-corrected chi connectivity index (χ2v) is 9.87. The van der Waals surface area contributed by atoms with Crippen LogP contribution in [0.1, 0.15) is 42.6 Å². The van der Waals surface area contributed by atoms with Crippen molar-refractivity contribution in [3.05, 3.63) is 66.0 Å². The number of aromatic nitrogens is 5. The third-order valence-corrected chi connectivity index (χ3v) is 6.97. The molecule has 1 saturated carbocycles. The third-order valence-electron chi connectivity index (χ3n) is 6.97. The molecule has 38 heavy (non-hydrogen) atoms. The molecule has 0 saturated heterocycles. The topological polar surface area (TPSA) is 78.2 Å². The number of halogens is 2. The van der Waals surface area contributed by atoms with Crippen molar-refractivity contribution in [2.24, 2.45) is 7.05 Å². The van der Waals surface area contributed by atoms with Crippen LogP contribution in [0.5, 0.6) is 11.6 Å². The number of alkyl halides is 2. The lowest BCUT2D eigenvalue weighted by atomic mass is 10.1. The Hall–Kier alpha value is -4.08. The summed E-state index contributed by atoms with van der Waals surface area (Å²) in [5, 5.41) is 0. The third kappa shape index (κ3) is 4.55. The Balaban J connectivity index is 1.28. The molecule has 2 aliphatic rings. The molecule has 0 bridgehead atoms. The second kappa shape index (κ2) is 9.34. The van der Waals surface area contributed by atoms with Crippen LogP contribution in [0, 0.1) is 0 Å². The zero-order valence-corrected chi connectivity index (χ0v) is 21.5. The standard InChI is InChI=1S/C28H28F2N6O2/c1-28(29,30)23-15-35(2)26(34-23)19-6-4-17(5-7-19)14-36-10-11-38-22-13-31-20(12-21(22)36)24-25(18-8-9-18)32-16-33-27(24)37-3/h4-7,12-13,15-16,18H,8-11,14H2,1-3H3. The highest BCUT2D eigenvalue weighted by molar-refractivity contribution is 5.74. The summed E-state index contributed by atoms with van der Waals surface area (Å²) in [6.07, 6.45) is 6.88. The van der Waals surface area contributed by atoms with Crippen LogP contribution in [0.15, 0.2) is 49.1 Å². The molecule has 196 valence electrons. The minimum Gasteiger partial charge on any atom is -0.488 e. The van der Waals surface area contributed by atoms with Gasteiger partial charge in [0.25, 0.3) is 5.92 Å². The molecule has 1 fully saturated rings. The van der Waals surface area contributed by atoms with Crippen LogP contribution in [0.25, 0.3) is 22.6 Å². The number of fused-ring (bicyclic) bond motifs is 1. The van der Waals surface area contributed by atoms with Gasteiger partial charge in [-0.3, -0.25) is 4.98 Å². The Morgan fingerprint density at radius 2 is 1.92 bits per heavy atom. The lowest BCUT2D eigenvalue weighted by molar-refractivity contribution is 0.0131. The molecule has 0 spiro atoms. The van der Waals surface area contributed by atoms with Crippen molar-refractivity contribution in [2.75, 3.05) is 25.2 Å². The fourth-order valence-corrected chi connectivity index (χ4v) is 4.85. The molecule has 3 aromatic heterocycles.